The lowest BCUT2D eigenvalue weighted by molar-refractivity contribution is -0.127. The molecule has 1 fully saturated rings. The summed E-state index contributed by atoms with van der Waals surface area (Å²) in [5.41, 5.74) is 1.46. The third-order valence-corrected chi connectivity index (χ3v) is 5.61. The molecule has 0 radical (unpaired) electrons. The van der Waals surface area contributed by atoms with E-state index in [0.717, 1.165) is 24.8 Å². The molecule has 144 valence electrons. The number of fused-ring (bicyclic) bond motifs is 1. The number of amides is 1. The lowest BCUT2D eigenvalue weighted by Crippen LogP contribution is -2.40. The molecular weight excluding hydrogens is 379 g/mol. The van der Waals surface area contributed by atoms with Crippen LogP contribution < -0.4 is 0 Å². The molecule has 3 aromatic rings. The van der Waals surface area contributed by atoms with Crippen LogP contribution in [0.25, 0.3) is 10.9 Å². The van der Waals surface area contributed by atoms with E-state index in [1.807, 2.05) is 24.3 Å². The fraction of sp³-hybridized carbons (Fsp3) is 0.273. The summed E-state index contributed by atoms with van der Waals surface area (Å²) in [6, 6.07) is 11.9. The van der Waals surface area contributed by atoms with Crippen molar-refractivity contribution in [2.24, 2.45) is 0 Å². The average molecular weight is 399 g/mol. The van der Waals surface area contributed by atoms with E-state index in [0.29, 0.717) is 34.6 Å². The van der Waals surface area contributed by atoms with Gasteiger partial charge in [0.15, 0.2) is 0 Å². The van der Waals surface area contributed by atoms with E-state index >= 15 is 0 Å². The third-order valence-electron chi connectivity index (χ3n) is 5.26. The van der Waals surface area contributed by atoms with Gasteiger partial charge in [0.2, 0.25) is 0 Å². The maximum atomic E-state index is 14.2. The van der Waals surface area contributed by atoms with Crippen molar-refractivity contribution in [3.63, 3.8) is 0 Å². The normalized spacial score (nSPS) is 14.4. The fourth-order valence-electron chi connectivity index (χ4n) is 3.77. The topological polar surface area (TPSA) is 42.3 Å². The number of Topliss-reactive ketones (excluding diaryl/α,β-unsaturated/α-hetero) is 1. The van der Waals surface area contributed by atoms with Crippen LogP contribution in [-0.2, 0) is 11.3 Å². The summed E-state index contributed by atoms with van der Waals surface area (Å²) in [7, 11) is 0. The van der Waals surface area contributed by atoms with Gasteiger partial charge in [-0.2, -0.15) is 0 Å². The Labute approximate surface area is 167 Å². The van der Waals surface area contributed by atoms with Crippen LogP contribution in [0, 0.1) is 5.82 Å². The minimum Gasteiger partial charge on any atom is -0.342 e. The summed E-state index contributed by atoms with van der Waals surface area (Å²) in [5, 5.41) is 1.01. The van der Waals surface area contributed by atoms with Gasteiger partial charge in [-0.05, 0) is 37.5 Å². The number of hydrogen-bond donors (Lipinski definition) is 0. The molecule has 1 aromatic heterocycles. The molecule has 1 aliphatic heterocycles. The summed E-state index contributed by atoms with van der Waals surface area (Å²) in [6.45, 7) is 1.42. The van der Waals surface area contributed by atoms with Crippen LogP contribution in [0.5, 0.6) is 0 Å². The molecule has 0 spiro atoms. The Hall–Kier alpha value is -2.66. The molecular formula is C22H20ClFN2O2. The molecule has 4 nitrogen and oxygen atoms in total. The minimum atomic E-state index is -0.517. The van der Waals surface area contributed by atoms with Crippen molar-refractivity contribution in [2.45, 2.75) is 25.8 Å². The summed E-state index contributed by atoms with van der Waals surface area (Å²) >= 11 is 6.17. The lowest BCUT2D eigenvalue weighted by atomic mass is 10.1. The Morgan fingerprint density at radius 1 is 1.00 bits per heavy atom. The van der Waals surface area contributed by atoms with Crippen LogP contribution in [0.3, 0.4) is 0 Å². The second-order valence-electron chi connectivity index (χ2n) is 7.07. The van der Waals surface area contributed by atoms with E-state index in [1.54, 1.807) is 27.8 Å². The zero-order valence-electron chi connectivity index (χ0n) is 15.3. The average Bonchev–Trinajstić information content (AvgIpc) is 3.09. The molecule has 0 bridgehead atoms. The first-order valence-electron chi connectivity index (χ1n) is 9.40. The third kappa shape index (κ3) is 3.42. The molecule has 6 heteroatoms. The van der Waals surface area contributed by atoms with Gasteiger partial charge in [-0.15, -0.1) is 0 Å². The molecule has 0 aliphatic carbocycles. The van der Waals surface area contributed by atoms with Gasteiger partial charge in [-0.3, -0.25) is 9.59 Å². The van der Waals surface area contributed by atoms with Crippen molar-refractivity contribution in [1.29, 1.82) is 0 Å². The highest BCUT2D eigenvalue weighted by atomic mass is 35.5. The van der Waals surface area contributed by atoms with Crippen LogP contribution in [0.2, 0.25) is 5.02 Å². The molecule has 0 unspecified atom stereocenters. The van der Waals surface area contributed by atoms with Crippen LogP contribution in [-0.4, -0.2) is 34.2 Å². The zero-order chi connectivity index (χ0) is 19.7. The Kier molecular flexibility index (Phi) is 5.18. The van der Waals surface area contributed by atoms with Gasteiger partial charge in [0.05, 0.1) is 12.1 Å². The number of carbonyl (C=O) groups is 2. The lowest BCUT2D eigenvalue weighted by Gasteiger charge is -2.25. The second kappa shape index (κ2) is 7.76. The summed E-state index contributed by atoms with van der Waals surface area (Å²) in [6.07, 6.45) is 4.57. The highest BCUT2D eigenvalue weighted by Gasteiger charge is 2.27. The molecule has 28 heavy (non-hydrogen) atoms. The van der Waals surface area contributed by atoms with E-state index in [9.17, 15) is 14.0 Å². The summed E-state index contributed by atoms with van der Waals surface area (Å²) < 4.78 is 16.0. The molecule has 2 aromatic carbocycles. The number of para-hydroxylation sites is 1. The van der Waals surface area contributed by atoms with Crippen molar-refractivity contribution in [3.8, 4) is 0 Å². The summed E-state index contributed by atoms with van der Waals surface area (Å²) in [5.74, 6) is -1.38. The first kappa shape index (κ1) is 18.7. The molecule has 0 saturated carbocycles. The number of nitrogens with zero attached hydrogens (tertiary/aromatic N) is 2. The van der Waals surface area contributed by atoms with E-state index in [2.05, 4.69) is 0 Å². The largest absolute Gasteiger partial charge is 0.342 e. The van der Waals surface area contributed by atoms with Crippen molar-refractivity contribution >= 4 is 34.2 Å². The smallest absolute Gasteiger partial charge is 0.295 e. The van der Waals surface area contributed by atoms with Crippen molar-refractivity contribution < 1.29 is 14.0 Å². The predicted octanol–water partition coefficient (Wildman–Crippen LogP) is 4.68. The zero-order valence-corrected chi connectivity index (χ0v) is 16.1. The molecule has 0 N–H and O–H groups in total. The molecule has 1 saturated heterocycles. The standard InChI is InChI=1S/C22H20ClFN2O2/c23-18-8-6-9-19(24)17(18)14-26-13-16(15-7-2-3-10-20(15)26)21(27)22(28)25-11-4-1-5-12-25/h2-3,6-10,13H,1,4-5,11-12,14H2. The maximum absolute atomic E-state index is 14.2. The number of piperidine rings is 1. The van der Waals surface area contributed by atoms with Crippen molar-refractivity contribution in [2.75, 3.05) is 13.1 Å². The fourth-order valence-corrected chi connectivity index (χ4v) is 3.99. The number of hydrogen-bond acceptors (Lipinski definition) is 2. The summed E-state index contributed by atoms with van der Waals surface area (Å²) in [4.78, 5) is 27.3. The Morgan fingerprint density at radius 3 is 2.50 bits per heavy atom. The quantitative estimate of drug-likeness (QED) is 0.473. The number of halogens is 2. The maximum Gasteiger partial charge on any atom is 0.295 e. The van der Waals surface area contributed by atoms with Gasteiger partial charge < -0.3 is 9.47 Å². The number of likely N-dealkylation sites (tertiary alicyclic amines) is 1. The van der Waals surface area contributed by atoms with E-state index < -0.39 is 17.5 Å². The predicted molar refractivity (Wildman–Crippen MR) is 107 cm³/mol. The van der Waals surface area contributed by atoms with Gasteiger partial charge >= 0.3 is 0 Å². The molecule has 4 rings (SSSR count). The van der Waals surface area contributed by atoms with Gasteiger partial charge in [-0.25, -0.2) is 4.39 Å². The molecule has 2 heterocycles. The second-order valence-corrected chi connectivity index (χ2v) is 7.48. The number of rotatable bonds is 4. The number of benzene rings is 2. The highest BCUT2D eigenvalue weighted by molar-refractivity contribution is 6.44. The minimum absolute atomic E-state index is 0.178. The van der Waals surface area contributed by atoms with Crippen molar-refractivity contribution in [1.82, 2.24) is 9.47 Å². The SMILES string of the molecule is O=C(C(=O)N1CCCCC1)c1cn(Cc2c(F)cccc2Cl)c2ccccc12. The number of ketones is 1. The van der Waals surface area contributed by atoms with Gasteiger partial charge in [-0.1, -0.05) is 35.9 Å². The van der Waals surface area contributed by atoms with Crippen LogP contribution in [0.4, 0.5) is 4.39 Å². The Bertz CT molecular complexity index is 1030. The molecule has 0 atom stereocenters. The number of carbonyl (C=O) groups excluding carboxylic acids is 2. The Morgan fingerprint density at radius 2 is 1.75 bits per heavy atom. The van der Waals surface area contributed by atoms with E-state index in [4.69, 9.17) is 11.6 Å². The molecule has 1 aliphatic rings. The first-order chi connectivity index (χ1) is 13.6. The van der Waals surface area contributed by atoms with Crippen LogP contribution in [0.15, 0.2) is 48.7 Å². The first-order valence-corrected chi connectivity index (χ1v) is 9.78. The van der Waals surface area contributed by atoms with Crippen LogP contribution in [0.1, 0.15) is 35.2 Å². The van der Waals surface area contributed by atoms with Crippen molar-refractivity contribution in [3.05, 3.63) is 70.6 Å². The number of aromatic nitrogens is 1. The monoisotopic (exact) mass is 398 g/mol. The Balaban J connectivity index is 1.72. The van der Waals surface area contributed by atoms with Gasteiger partial charge in [0.1, 0.15) is 5.82 Å². The highest BCUT2D eigenvalue weighted by Crippen LogP contribution is 2.26. The van der Waals surface area contributed by atoms with Gasteiger partial charge in [0.25, 0.3) is 11.7 Å². The van der Waals surface area contributed by atoms with E-state index in [-0.39, 0.29) is 6.54 Å². The van der Waals surface area contributed by atoms with Crippen LogP contribution >= 0.6 is 11.6 Å². The van der Waals surface area contributed by atoms with E-state index in [1.165, 1.54) is 6.07 Å². The molecule has 1 amide bonds. The van der Waals surface area contributed by atoms with Gasteiger partial charge in [0, 0.05) is 40.8 Å².